The third-order valence-corrected chi connectivity index (χ3v) is 2.62. The van der Waals surface area contributed by atoms with Gasteiger partial charge in [-0.1, -0.05) is 0 Å². The Balaban J connectivity index is 2.14. The summed E-state index contributed by atoms with van der Waals surface area (Å²) in [5, 5.41) is 9.63. The van der Waals surface area contributed by atoms with Gasteiger partial charge in [-0.3, -0.25) is 14.9 Å². The van der Waals surface area contributed by atoms with Gasteiger partial charge in [0.15, 0.2) is 0 Å². The minimum Gasteiger partial charge on any atom is -0.385 e. The fourth-order valence-electron chi connectivity index (χ4n) is 1.72. The van der Waals surface area contributed by atoms with Gasteiger partial charge >= 0.3 is 0 Å². The van der Waals surface area contributed by atoms with Crippen molar-refractivity contribution in [3.8, 4) is 0 Å². The summed E-state index contributed by atoms with van der Waals surface area (Å²) in [7, 11) is 1.72. The molecule has 100 valence electrons. The molecule has 0 bridgehead atoms. The number of carbonyl (C=O) groups excluding carboxylic acids is 1. The zero-order chi connectivity index (χ0) is 13.7. The van der Waals surface area contributed by atoms with Crippen LogP contribution >= 0.6 is 0 Å². The summed E-state index contributed by atoms with van der Waals surface area (Å²) in [6.07, 6.45) is 4.64. The van der Waals surface area contributed by atoms with Crippen molar-refractivity contribution in [2.75, 3.05) is 18.9 Å². The number of H-pyrrole nitrogens is 1. The highest BCUT2D eigenvalue weighted by molar-refractivity contribution is 5.99. The Hall–Kier alpha value is -2.44. The highest BCUT2D eigenvalue weighted by atomic mass is 16.2. The van der Waals surface area contributed by atoms with E-state index in [1.165, 1.54) is 6.33 Å². The summed E-state index contributed by atoms with van der Waals surface area (Å²) in [5.41, 5.74) is 1.33. The molecule has 0 atom stereocenters. The highest BCUT2D eigenvalue weighted by Gasteiger charge is 2.16. The van der Waals surface area contributed by atoms with Crippen molar-refractivity contribution in [3.05, 3.63) is 36.2 Å². The van der Waals surface area contributed by atoms with Gasteiger partial charge in [-0.05, 0) is 13.0 Å². The molecule has 19 heavy (non-hydrogen) atoms. The average Bonchev–Trinajstić information content (AvgIpc) is 2.92. The summed E-state index contributed by atoms with van der Waals surface area (Å²) in [6.45, 7) is 3.10. The van der Waals surface area contributed by atoms with Gasteiger partial charge in [0.1, 0.15) is 12.2 Å². The molecule has 2 heterocycles. The summed E-state index contributed by atoms with van der Waals surface area (Å²) in [4.78, 5) is 21.9. The molecule has 2 aromatic rings. The number of nitrogens with zero attached hydrogens (tertiary/aromatic N) is 4. The molecule has 7 heteroatoms. The molecule has 0 spiro atoms. The predicted molar refractivity (Wildman–Crippen MR) is 70.6 cm³/mol. The van der Waals surface area contributed by atoms with Crippen molar-refractivity contribution in [1.82, 2.24) is 25.1 Å². The summed E-state index contributed by atoms with van der Waals surface area (Å²) in [5.74, 6) is 0.533. The van der Waals surface area contributed by atoms with Crippen molar-refractivity contribution < 1.29 is 4.79 Å². The number of hydrogen-bond donors (Lipinski definition) is 2. The maximum atomic E-state index is 12.4. The first-order valence-electron chi connectivity index (χ1n) is 6.00. The van der Waals surface area contributed by atoms with E-state index in [1.807, 2.05) is 6.92 Å². The molecule has 0 radical (unpaired) electrons. The molecule has 2 N–H and O–H groups in total. The fraction of sp³-hybridized carbons (Fsp3) is 0.333. The smallest absolute Gasteiger partial charge is 0.257 e. The number of aromatic amines is 1. The fourth-order valence-corrected chi connectivity index (χ4v) is 1.72. The SMILES string of the molecule is CCNc1ccncc1C(=O)N(C)Cc1ncn[nH]1. The zero-order valence-electron chi connectivity index (χ0n) is 10.9. The van der Waals surface area contributed by atoms with Crippen molar-refractivity contribution in [1.29, 1.82) is 0 Å². The van der Waals surface area contributed by atoms with Crippen LogP contribution in [0.5, 0.6) is 0 Å². The van der Waals surface area contributed by atoms with Gasteiger partial charge in [-0.15, -0.1) is 0 Å². The Kier molecular flexibility index (Phi) is 4.07. The van der Waals surface area contributed by atoms with Crippen molar-refractivity contribution in [2.45, 2.75) is 13.5 Å². The predicted octanol–water partition coefficient (Wildman–Crippen LogP) is 0.904. The molecular weight excluding hydrogens is 244 g/mol. The topological polar surface area (TPSA) is 86.8 Å². The van der Waals surface area contributed by atoms with E-state index in [1.54, 1.807) is 30.4 Å². The largest absolute Gasteiger partial charge is 0.385 e. The molecule has 7 nitrogen and oxygen atoms in total. The molecule has 0 aliphatic rings. The standard InChI is InChI=1S/C12H16N6O/c1-3-14-10-4-5-13-6-9(10)12(19)18(2)7-11-15-8-16-17-11/h4-6,8H,3,7H2,1-2H3,(H,13,14)(H,15,16,17). The van der Waals surface area contributed by atoms with Gasteiger partial charge in [0.2, 0.25) is 0 Å². The number of hydrogen-bond acceptors (Lipinski definition) is 5. The van der Waals surface area contributed by atoms with Crippen LogP contribution in [0.4, 0.5) is 5.69 Å². The Labute approximate surface area is 111 Å². The second-order valence-electron chi connectivity index (χ2n) is 4.04. The number of carbonyl (C=O) groups is 1. The Bertz CT molecular complexity index is 539. The molecule has 0 aliphatic carbocycles. The summed E-state index contributed by atoms with van der Waals surface area (Å²) < 4.78 is 0. The maximum absolute atomic E-state index is 12.4. The lowest BCUT2D eigenvalue weighted by molar-refractivity contribution is 0.0782. The Morgan fingerprint density at radius 1 is 1.53 bits per heavy atom. The zero-order valence-corrected chi connectivity index (χ0v) is 10.9. The van der Waals surface area contributed by atoms with Gasteiger partial charge in [0.25, 0.3) is 5.91 Å². The van der Waals surface area contributed by atoms with Gasteiger partial charge in [0, 0.05) is 26.0 Å². The van der Waals surface area contributed by atoms with E-state index in [2.05, 4.69) is 25.5 Å². The minimum absolute atomic E-state index is 0.111. The molecule has 2 rings (SSSR count). The minimum atomic E-state index is -0.111. The van der Waals surface area contributed by atoms with Crippen LogP contribution in [0.15, 0.2) is 24.8 Å². The molecule has 0 aliphatic heterocycles. The molecule has 0 unspecified atom stereocenters. The molecule has 0 saturated carbocycles. The number of rotatable bonds is 5. The maximum Gasteiger partial charge on any atom is 0.257 e. The number of anilines is 1. The van der Waals surface area contributed by atoms with Crippen LogP contribution < -0.4 is 5.32 Å². The summed E-state index contributed by atoms with van der Waals surface area (Å²) >= 11 is 0. The first-order chi connectivity index (χ1) is 9.22. The first-order valence-corrected chi connectivity index (χ1v) is 6.00. The van der Waals surface area contributed by atoms with Crippen molar-refractivity contribution in [2.24, 2.45) is 0 Å². The van der Waals surface area contributed by atoms with Crippen LogP contribution in [-0.2, 0) is 6.54 Å². The molecule has 1 amide bonds. The van der Waals surface area contributed by atoms with Gasteiger partial charge in [0.05, 0.1) is 17.8 Å². The van der Waals surface area contributed by atoms with Gasteiger partial charge < -0.3 is 10.2 Å². The van der Waals surface area contributed by atoms with E-state index in [9.17, 15) is 4.79 Å². The van der Waals surface area contributed by atoms with Crippen LogP contribution in [0, 0.1) is 0 Å². The lowest BCUT2D eigenvalue weighted by atomic mass is 10.2. The summed E-state index contributed by atoms with van der Waals surface area (Å²) in [6, 6.07) is 1.79. The number of amides is 1. The van der Waals surface area contributed by atoms with Crippen LogP contribution in [-0.4, -0.2) is 44.6 Å². The third kappa shape index (κ3) is 3.06. The normalized spacial score (nSPS) is 10.2. The first kappa shape index (κ1) is 13.0. The van der Waals surface area contributed by atoms with E-state index in [-0.39, 0.29) is 5.91 Å². The van der Waals surface area contributed by atoms with Crippen LogP contribution in [0.1, 0.15) is 23.1 Å². The van der Waals surface area contributed by atoms with E-state index in [4.69, 9.17) is 0 Å². The average molecular weight is 260 g/mol. The van der Waals surface area contributed by atoms with Gasteiger partial charge in [-0.2, -0.15) is 5.10 Å². The lowest BCUT2D eigenvalue weighted by Crippen LogP contribution is -2.27. The van der Waals surface area contributed by atoms with E-state index >= 15 is 0 Å². The highest BCUT2D eigenvalue weighted by Crippen LogP contribution is 2.15. The Morgan fingerprint density at radius 3 is 3.05 bits per heavy atom. The molecule has 0 fully saturated rings. The van der Waals surface area contributed by atoms with Gasteiger partial charge in [-0.25, -0.2) is 4.98 Å². The molecule has 2 aromatic heterocycles. The van der Waals surface area contributed by atoms with Crippen LogP contribution in [0.3, 0.4) is 0 Å². The molecule has 0 saturated heterocycles. The molecule has 0 aromatic carbocycles. The quantitative estimate of drug-likeness (QED) is 0.834. The molecular formula is C12H16N6O. The van der Waals surface area contributed by atoms with Crippen molar-refractivity contribution in [3.63, 3.8) is 0 Å². The van der Waals surface area contributed by atoms with Crippen LogP contribution in [0.25, 0.3) is 0 Å². The van der Waals surface area contributed by atoms with E-state index in [0.29, 0.717) is 17.9 Å². The number of nitrogens with one attached hydrogen (secondary N) is 2. The van der Waals surface area contributed by atoms with Crippen molar-refractivity contribution >= 4 is 11.6 Å². The Morgan fingerprint density at radius 2 is 2.37 bits per heavy atom. The number of pyridine rings is 1. The van der Waals surface area contributed by atoms with Crippen LogP contribution in [0.2, 0.25) is 0 Å². The second-order valence-corrected chi connectivity index (χ2v) is 4.04. The van der Waals surface area contributed by atoms with E-state index in [0.717, 1.165) is 12.2 Å². The third-order valence-electron chi connectivity index (χ3n) is 2.62. The number of aromatic nitrogens is 4. The lowest BCUT2D eigenvalue weighted by Gasteiger charge is -2.17. The monoisotopic (exact) mass is 260 g/mol. The second kappa shape index (κ2) is 5.94. The van der Waals surface area contributed by atoms with E-state index < -0.39 is 0 Å².